The van der Waals surface area contributed by atoms with E-state index >= 15 is 0 Å². The van der Waals surface area contributed by atoms with E-state index in [-0.39, 0.29) is 11.2 Å². The van der Waals surface area contributed by atoms with Gasteiger partial charge in [-0.2, -0.15) is 0 Å². The lowest BCUT2D eigenvalue weighted by Crippen LogP contribution is -2.32. The maximum Gasteiger partial charge on any atom is 0.233 e. The Balaban J connectivity index is 1.71. The zero-order valence-electron chi connectivity index (χ0n) is 10.9. The van der Waals surface area contributed by atoms with Crippen molar-refractivity contribution in [3.63, 3.8) is 0 Å². The first-order valence-corrected chi connectivity index (χ1v) is 7.56. The summed E-state index contributed by atoms with van der Waals surface area (Å²) >= 11 is 1.62. The molecule has 0 aliphatic heterocycles. The molecule has 0 saturated heterocycles. The fraction of sp³-hybridized carbons (Fsp3) is 0.312. The molecule has 0 unspecified atom stereocenters. The highest BCUT2D eigenvalue weighted by Crippen LogP contribution is 2.28. The molecule has 98 valence electrons. The summed E-state index contributed by atoms with van der Waals surface area (Å²) < 4.78 is 0. The van der Waals surface area contributed by atoms with E-state index in [9.17, 15) is 4.79 Å². The van der Waals surface area contributed by atoms with Crippen LogP contribution in [0.25, 0.3) is 10.8 Å². The summed E-state index contributed by atoms with van der Waals surface area (Å²) in [5.41, 5.74) is 0. The second-order valence-electron chi connectivity index (χ2n) is 5.05. The molecule has 0 spiro atoms. The molecule has 3 rings (SSSR count). The molecule has 1 aliphatic rings. The first kappa shape index (κ1) is 12.5. The van der Waals surface area contributed by atoms with Crippen LogP contribution in [-0.4, -0.2) is 17.2 Å². The maximum atomic E-state index is 11.9. The third kappa shape index (κ3) is 3.10. The van der Waals surface area contributed by atoms with Gasteiger partial charge in [0.2, 0.25) is 5.91 Å². The summed E-state index contributed by atoms with van der Waals surface area (Å²) in [5, 5.41) is 5.47. The first-order chi connectivity index (χ1) is 9.22. The average molecular weight is 271 g/mol. The van der Waals surface area contributed by atoms with Gasteiger partial charge in [0.15, 0.2) is 0 Å². The van der Waals surface area contributed by atoms with Crippen molar-refractivity contribution in [3.05, 3.63) is 42.5 Å². The summed E-state index contributed by atoms with van der Waals surface area (Å²) in [6.07, 6.45) is 2.28. The largest absolute Gasteiger partial charge is 0.352 e. The van der Waals surface area contributed by atoms with E-state index in [0.717, 1.165) is 17.7 Å². The molecule has 2 nitrogen and oxygen atoms in total. The molecule has 0 heterocycles. The molecule has 0 radical (unpaired) electrons. The molecule has 1 atom stereocenters. The first-order valence-electron chi connectivity index (χ1n) is 6.68. The van der Waals surface area contributed by atoms with Gasteiger partial charge >= 0.3 is 0 Å². The molecule has 1 aliphatic carbocycles. The fourth-order valence-electron chi connectivity index (χ4n) is 2.04. The molecular weight excluding hydrogens is 254 g/mol. The third-order valence-corrected chi connectivity index (χ3v) is 4.42. The van der Waals surface area contributed by atoms with Crippen LogP contribution in [0.15, 0.2) is 47.4 Å². The van der Waals surface area contributed by atoms with E-state index < -0.39 is 0 Å². The number of hydrogen-bond acceptors (Lipinski definition) is 2. The van der Waals surface area contributed by atoms with Crippen molar-refractivity contribution in [2.24, 2.45) is 0 Å². The number of nitrogens with one attached hydrogen (secondary N) is 1. The molecule has 3 heteroatoms. The standard InChI is InChI=1S/C16H17NOS/c1-11(16(18)17-14-7-8-14)19-15-9-6-12-4-2-3-5-13(12)10-15/h2-6,9-11,14H,7-8H2,1H3,(H,17,18)/t11-/m0/s1. The maximum absolute atomic E-state index is 11.9. The Morgan fingerprint density at radius 1 is 1.21 bits per heavy atom. The average Bonchev–Trinajstić information content (AvgIpc) is 3.22. The van der Waals surface area contributed by atoms with Gasteiger partial charge in [-0.15, -0.1) is 11.8 Å². The minimum atomic E-state index is -0.0400. The molecular formula is C16H17NOS. The molecule has 0 bridgehead atoms. The SMILES string of the molecule is C[C@H](Sc1ccc2ccccc2c1)C(=O)NC1CC1. The summed E-state index contributed by atoms with van der Waals surface area (Å²) in [6.45, 7) is 1.97. The van der Waals surface area contributed by atoms with E-state index in [1.807, 2.05) is 19.1 Å². The Hall–Kier alpha value is -1.48. The van der Waals surface area contributed by atoms with Crippen LogP contribution < -0.4 is 5.32 Å². The van der Waals surface area contributed by atoms with Crippen molar-refractivity contribution in [3.8, 4) is 0 Å². The predicted octanol–water partition coefficient (Wildman–Crippen LogP) is 3.60. The number of thioether (sulfide) groups is 1. The molecule has 2 aromatic carbocycles. The van der Waals surface area contributed by atoms with Gasteiger partial charge in [-0.3, -0.25) is 4.79 Å². The van der Waals surface area contributed by atoms with Crippen molar-refractivity contribution in [2.75, 3.05) is 0 Å². The minimum Gasteiger partial charge on any atom is -0.352 e. The van der Waals surface area contributed by atoms with E-state index in [1.54, 1.807) is 11.8 Å². The van der Waals surface area contributed by atoms with E-state index in [0.29, 0.717) is 6.04 Å². The summed E-state index contributed by atoms with van der Waals surface area (Å²) in [6, 6.07) is 15.1. The topological polar surface area (TPSA) is 29.1 Å². The lowest BCUT2D eigenvalue weighted by Gasteiger charge is -2.11. The summed E-state index contributed by atoms with van der Waals surface area (Å²) in [7, 11) is 0. The van der Waals surface area contributed by atoms with Crippen LogP contribution in [-0.2, 0) is 4.79 Å². The van der Waals surface area contributed by atoms with Crippen molar-refractivity contribution >= 4 is 28.4 Å². The van der Waals surface area contributed by atoms with Crippen LogP contribution in [0.2, 0.25) is 0 Å². The number of benzene rings is 2. The summed E-state index contributed by atoms with van der Waals surface area (Å²) in [4.78, 5) is 13.1. The van der Waals surface area contributed by atoms with Crippen LogP contribution in [0.1, 0.15) is 19.8 Å². The number of carbonyl (C=O) groups excluding carboxylic acids is 1. The van der Waals surface area contributed by atoms with E-state index in [1.165, 1.54) is 10.8 Å². The van der Waals surface area contributed by atoms with Gasteiger partial charge in [-0.1, -0.05) is 30.3 Å². The monoisotopic (exact) mass is 271 g/mol. The second-order valence-corrected chi connectivity index (χ2v) is 6.47. The molecule has 0 aromatic heterocycles. The van der Waals surface area contributed by atoms with Crippen LogP contribution in [0.3, 0.4) is 0 Å². The molecule has 1 amide bonds. The number of rotatable bonds is 4. The van der Waals surface area contributed by atoms with Crippen molar-refractivity contribution in [2.45, 2.75) is 36.0 Å². The smallest absolute Gasteiger partial charge is 0.233 e. The zero-order valence-corrected chi connectivity index (χ0v) is 11.7. The van der Waals surface area contributed by atoms with Crippen LogP contribution in [0, 0.1) is 0 Å². The molecule has 2 aromatic rings. The van der Waals surface area contributed by atoms with Gasteiger partial charge < -0.3 is 5.32 Å². The number of carbonyl (C=O) groups is 1. The van der Waals surface area contributed by atoms with E-state index in [2.05, 4.69) is 35.6 Å². The van der Waals surface area contributed by atoms with Gasteiger partial charge in [0.05, 0.1) is 5.25 Å². The highest BCUT2D eigenvalue weighted by Gasteiger charge is 2.25. The number of fused-ring (bicyclic) bond motifs is 1. The number of amides is 1. The zero-order chi connectivity index (χ0) is 13.2. The van der Waals surface area contributed by atoms with Crippen molar-refractivity contribution < 1.29 is 4.79 Å². The molecule has 19 heavy (non-hydrogen) atoms. The van der Waals surface area contributed by atoms with E-state index in [4.69, 9.17) is 0 Å². The summed E-state index contributed by atoms with van der Waals surface area (Å²) in [5.74, 6) is 0.153. The lowest BCUT2D eigenvalue weighted by molar-refractivity contribution is -0.120. The Bertz CT molecular complexity index is 606. The highest BCUT2D eigenvalue weighted by molar-refractivity contribution is 8.00. The second kappa shape index (κ2) is 5.25. The van der Waals surface area contributed by atoms with Crippen molar-refractivity contribution in [1.82, 2.24) is 5.32 Å². The van der Waals surface area contributed by atoms with Gasteiger partial charge in [0, 0.05) is 10.9 Å². The Kier molecular flexibility index (Phi) is 3.47. The van der Waals surface area contributed by atoms with Gasteiger partial charge in [-0.25, -0.2) is 0 Å². The normalized spacial score (nSPS) is 16.3. The fourth-order valence-corrected chi connectivity index (χ4v) is 2.97. The van der Waals surface area contributed by atoms with Crippen LogP contribution in [0.5, 0.6) is 0 Å². The van der Waals surface area contributed by atoms with Gasteiger partial charge in [0.25, 0.3) is 0 Å². The van der Waals surface area contributed by atoms with Crippen molar-refractivity contribution in [1.29, 1.82) is 0 Å². The predicted molar refractivity (Wildman–Crippen MR) is 80.4 cm³/mol. The molecule has 1 N–H and O–H groups in total. The minimum absolute atomic E-state index is 0.0400. The van der Waals surface area contributed by atoms with Gasteiger partial charge in [-0.05, 0) is 42.7 Å². The Morgan fingerprint density at radius 2 is 1.95 bits per heavy atom. The molecule has 1 saturated carbocycles. The van der Waals surface area contributed by atoms with Gasteiger partial charge in [0.1, 0.15) is 0 Å². The van der Waals surface area contributed by atoms with Crippen LogP contribution >= 0.6 is 11.8 Å². The van der Waals surface area contributed by atoms with Crippen LogP contribution in [0.4, 0.5) is 0 Å². The number of hydrogen-bond donors (Lipinski definition) is 1. The quantitative estimate of drug-likeness (QED) is 0.861. The third-order valence-electron chi connectivity index (χ3n) is 3.33. The lowest BCUT2D eigenvalue weighted by atomic mass is 10.1. The Morgan fingerprint density at radius 3 is 2.68 bits per heavy atom. The molecule has 1 fully saturated rings. The highest BCUT2D eigenvalue weighted by atomic mass is 32.2. The Labute approximate surface area is 117 Å².